The van der Waals surface area contributed by atoms with Gasteiger partial charge in [-0.15, -0.1) is 0 Å². The monoisotopic (exact) mass is 523 g/mol. The summed E-state index contributed by atoms with van der Waals surface area (Å²) in [5, 5.41) is 3.80. The molecule has 0 aliphatic heterocycles. The van der Waals surface area contributed by atoms with Crippen molar-refractivity contribution >= 4 is 22.4 Å². The minimum atomic E-state index is 0.0669. The SMILES string of the molecule is CCCCCCn1c(-c2c(C)cc(C)cc2C)nc2c(Nc3cc(C(C)(C)C)cc(C(C)(C)C)c3)cccc21. The van der Waals surface area contributed by atoms with E-state index in [4.69, 9.17) is 4.98 Å². The normalized spacial score (nSPS) is 12.4. The molecular weight excluding hydrogens is 474 g/mol. The van der Waals surface area contributed by atoms with Gasteiger partial charge in [-0.2, -0.15) is 0 Å². The maximum Gasteiger partial charge on any atom is 0.141 e. The Morgan fingerprint density at radius 1 is 0.769 bits per heavy atom. The van der Waals surface area contributed by atoms with Crippen molar-refractivity contribution in [3.8, 4) is 11.4 Å². The zero-order valence-corrected chi connectivity index (χ0v) is 26.0. The van der Waals surface area contributed by atoms with Gasteiger partial charge in [0, 0.05) is 17.8 Å². The molecule has 0 atom stereocenters. The number of aryl methyl sites for hydroxylation is 4. The van der Waals surface area contributed by atoms with E-state index >= 15 is 0 Å². The van der Waals surface area contributed by atoms with Crippen molar-refractivity contribution < 1.29 is 0 Å². The topological polar surface area (TPSA) is 29.9 Å². The Hall–Kier alpha value is -3.07. The summed E-state index contributed by atoms with van der Waals surface area (Å²) in [5.74, 6) is 1.09. The van der Waals surface area contributed by atoms with Crippen LogP contribution in [0, 0.1) is 20.8 Å². The number of imidazole rings is 1. The summed E-state index contributed by atoms with van der Waals surface area (Å²) in [6.45, 7) is 23.6. The quantitative estimate of drug-likeness (QED) is 0.233. The number of aromatic nitrogens is 2. The van der Waals surface area contributed by atoms with Gasteiger partial charge in [0.25, 0.3) is 0 Å². The van der Waals surface area contributed by atoms with Crippen LogP contribution in [0.25, 0.3) is 22.4 Å². The number of para-hydroxylation sites is 1. The second kappa shape index (κ2) is 11.2. The van der Waals surface area contributed by atoms with Crippen LogP contribution < -0.4 is 5.32 Å². The van der Waals surface area contributed by atoms with Gasteiger partial charge < -0.3 is 9.88 Å². The van der Waals surface area contributed by atoms with E-state index in [-0.39, 0.29) is 10.8 Å². The third kappa shape index (κ3) is 6.40. The van der Waals surface area contributed by atoms with E-state index in [0.29, 0.717) is 0 Å². The molecule has 1 heterocycles. The molecule has 0 unspecified atom stereocenters. The number of anilines is 2. The maximum absolute atomic E-state index is 5.37. The van der Waals surface area contributed by atoms with Gasteiger partial charge in [0.1, 0.15) is 11.3 Å². The van der Waals surface area contributed by atoms with Gasteiger partial charge in [-0.3, -0.25) is 0 Å². The average Bonchev–Trinajstić information content (AvgIpc) is 3.19. The van der Waals surface area contributed by atoms with Crippen LogP contribution in [0.5, 0.6) is 0 Å². The highest BCUT2D eigenvalue weighted by molar-refractivity contribution is 5.93. The molecule has 0 aliphatic rings. The van der Waals surface area contributed by atoms with Crippen molar-refractivity contribution in [3.05, 3.63) is 76.3 Å². The van der Waals surface area contributed by atoms with Crippen molar-refractivity contribution in [3.63, 3.8) is 0 Å². The smallest absolute Gasteiger partial charge is 0.141 e. The molecule has 1 aromatic heterocycles. The van der Waals surface area contributed by atoms with Gasteiger partial charge in [0.15, 0.2) is 0 Å². The third-order valence-electron chi connectivity index (χ3n) is 7.86. The van der Waals surface area contributed by atoms with E-state index in [2.05, 4.69) is 128 Å². The molecule has 0 spiro atoms. The van der Waals surface area contributed by atoms with Gasteiger partial charge in [-0.1, -0.05) is 97.6 Å². The molecule has 0 amide bonds. The van der Waals surface area contributed by atoms with E-state index in [0.717, 1.165) is 35.7 Å². The summed E-state index contributed by atoms with van der Waals surface area (Å²) in [6, 6.07) is 18.2. The predicted molar refractivity (Wildman–Crippen MR) is 171 cm³/mol. The fraction of sp³-hybridized carbons (Fsp3) is 0.472. The Morgan fingerprint density at radius 3 is 1.95 bits per heavy atom. The van der Waals surface area contributed by atoms with Crippen LogP contribution in [0.4, 0.5) is 11.4 Å². The zero-order valence-electron chi connectivity index (χ0n) is 26.0. The van der Waals surface area contributed by atoms with Crippen LogP contribution >= 0.6 is 0 Å². The lowest BCUT2D eigenvalue weighted by molar-refractivity contribution is 0.569. The predicted octanol–water partition coefficient (Wildman–Crippen LogP) is 10.5. The highest BCUT2D eigenvalue weighted by Gasteiger charge is 2.22. The Bertz CT molecular complexity index is 1400. The molecule has 208 valence electrons. The molecule has 0 bridgehead atoms. The fourth-order valence-corrected chi connectivity index (χ4v) is 5.62. The van der Waals surface area contributed by atoms with E-state index < -0.39 is 0 Å². The second-order valence-corrected chi connectivity index (χ2v) is 13.5. The standard InChI is InChI=1S/C36H49N3/c1-11-12-13-14-18-39-31-17-15-16-30(33(31)38-34(39)32-25(3)19-24(2)20-26(32)4)37-29-22-27(35(5,6)7)21-28(23-29)36(8,9)10/h15-17,19-23,37H,11-14,18H2,1-10H3. The average molecular weight is 524 g/mol. The van der Waals surface area contributed by atoms with Crippen molar-refractivity contribution in [2.24, 2.45) is 0 Å². The number of benzene rings is 3. The highest BCUT2D eigenvalue weighted by Crippen LogP contribution is 2.37. The summed E-state index contributed by atoms with van der Waals surface area (Å²) in [6.07, 6.45) is 4.93. The number of hydrogen-bond acceptors (Lipinski definition) is 2. The Balaban J connectivity index is 1.87. The van der Waals surface area contributed by atoms with Gasteiger partial charge in [-0.05, 0) is 84.5 Å². The number of rotatable bonds is 8. The first kappa shape index (κ1) is 28.9. The van der Waals surface area contributed by atoms with Gasteiger partial charge in [-0.25, -0.2) is 4.98 Å². The lowest BCUT2D eigenvalue weighted by atomic mass is 9.80. The molecule has 1 N–H and O–H groups in total. The first-order valence-electron chi connectivity index (χ1n) is 14.8. The second-order valence-electron chi connectivity index (χ2n) is 13.5. The van der Waals surface area contributed by atoms with Gasteiger partial charge in [0.05, 0.1) is 11.2 Å². The molecule has 0 aliphatic carbocycles. The molecule has 3 nitrogen and oxygen atoms in total. The van der Waals surface area contributed by atoms with Crippen molar-refractivity contribution in [1.82, 2.24) is 9.55 Å². The molecule has 0 saturated heterocycles. The van der Waals surface area contributed by atoms with Crippen LogP contribution in [-0.4, -0.2) is 9.55 Å². The van der Waals surface area contributed by atoms with Crippen LogP contribution in [-0.2, 0) is 17.4 Å². The highest BCUT2D eigenvalue weighted by atomic mass is 15.1. The van der Waals surface area contributed by atoms with Crippen molar-refractivity contribution in [2.75, 3.05) is 5.32 Å². The number of nitrogens with zero attached hydrogens (tertiary/aromatic N) is 2. The maximum atomic E-state index is 5.37. The molecule has 4 rings (SSSR count). The first-order chi connectivity index (χ1) is 18.3. The lowest BCUT2D eigenvalue weighted by Crippen LogP contribution is -2.16. The van der Waals surface area contributed by atoms with Gasteiger partial charge >= 0.3 is 0 Å². The van der Waals surface area contributed by atoms with Crippen LogP contribution in [0.15, 0.2) is 48.5 Å². The molecular formula is C36H49N3. The van der Waals surface area contributed by atoms with Crippen molar-refractivity contribution in [1.29, 1.82) is 0 Å². The third-order valence-corrected chi connectivity index (χ3v) is 7.86. The van der Waals surface area contributed by atoms with Crippen molar-refractivity contribution in [2.45, 2.75) is 112 Å². The molecule has 0 saturated carbocycles. The Labute approximate surface area is 237 Å². The fourth-order valence-electron chi connectivity index (χ4n) is 5.62. The summed E-state index contributed by atoms with van der Waals surface area (Å²) >= 11 is 0. The largest absolute Gasteiger partial charge is 0.354 e. The molecule has 39 heavy (non-hydrogen) atoms. The zero-order chi connectivity index (χ0) is 28.5. The molecule has 3 aromatic carbocycles. The van der Waals surface area contributed by atoms with E-state index in [1.54, 1.807) is 0 Å². The van der Waals surface area contributed by atoms with Crippen LogP contribution in [0.1, 0.15) is 102 Å². The van der Waals surface area contributed by atoms with E-state index in [1.165, 1.54) is 58.2 Å². The van der Waals surface area contributed by atoms with E-state index in [9.17, 15) is 0 Å². The van der Waals surface area contributed by atoms with Gasteiger partial charge in [0.2, 0.25) is 0 Å². The first-order valence-corrected chi connectivity index (χ1v) is 14.8. The van der Waals surface area contributed by atoms with E-state index in [1.807, 2.05) is 0 Å². The summed E-state index contributed by atoms with van der Waals surface area (Å²) in [4.78, 5) is 5.37. The Kier molecular flexibility index (Phi) is 8.30. The molecule has 0 radical (unpaired) electrons. The number of unbranched alkanes of at least 4 members (excludes halogenated alkanes) is 3. The molecule has 3 heteroatoms. The molecule has 4 aromatic rings. The molecule has 0 fully saturated rings. The number of hydrogen-bond donors (Lipinski definition) is 1. The lowest BCUT2D eigenvalue weighted by Gasteiger charge is -2.26. The summed E-state index contributed by atoms with van der Waals surface area (Å²) in [5.41, 5.74) is 12.4. The summed E-state index contributed by atoms with van der Waals surface area (Å²) in [7, 11) is 0. The Morgan fingerprint density at radius 2 is 1.38 bits per heavy atom. The minimum absolute atomic E-state index is 0.0669. The number of nitrogens with one attached hydrogen (secondary N) is 1. The van der Waals surface area contributed by atoms with Crippen LogP contribution in [0.3, 0.4) is 0 Å². The minimum Gasteiger partial charge on any atom is -0.354 e. The number of fused-ring (bicyclic) bond motifs is 1. The summed E-state index contributed by atoms with van der Waals surface area (Å²) < 4.78 is 2.47. The van der Waals surface area contributed by atoms with Crippen LogP contribution in [0.2, 0.25) is 0 Å².